The van der Waals surface area contributed by atoms with Gasteiger partial charge < -0.3 is 10.1 Å². The van der Waals surface area contributed by atoms with Gasteiger partial charge in [0.15, 0.2) is 0 Å². The van der Waals surface area contributed by atoms with E-state index in [1.807, 2.05) is 18.2 Å². The number of nitrogens with one attached hydrogen (secondary N) is 1. The second-order valence-electron chi connectivity index (χ2n) is 5.15. The van der Waals surface area contributed by atoms with Gasteiger partial charge in [0, 0.05) is 18.9 Å². The van der Waals surface area contributed by atoms with E-state index in [2.05, 4.69) is 11.4 Å². The number of halogens is 3. The Morgan fingerprint density at radius 3 is 2.80 bits per heavy atom. The van der Waals surface area contributed by atoms with E-state index in [0.29, 0.717) is 25.5 Å². The van der Waals surface area contributed by atoms with Gasteiger partial charge >= 0.3 is 6.18 Å². The number of hydrogen-bond acceptors (Lipinski definition) is 2. The monoisotopic (exact) mass is 287 g/mol. The van der Waals surface area contributed by atoms with E-state index in [-0.39, 0.29) is 6.42 Å². The third-order valence-corrected chi connectivity index (χ3v) is 3.54. The molecule has 0 spiro atoms. The zero-order chi connectivity index (χ0) is 14.4. The summed E-state index contributed by atoms with van der Waals surface area (Å²) in [6.45, 7) is 2.14. The highest BCUT2D eigenvalue weighted by molar-refractivity contribution is 5.37. The van der Waals surface area contributed by atoms with Crippen molar-refractivity contribution >= 4 is 0 Å². The number of alkyl halides is 3. The summed E-state index contributed by atoms with van der Waals surface area (Å²) in [7, 11) is 0. The third kappa shape index (κ3) is 4.71. The first-order chi connectivity index (χ1) is 9.56. The number of para-hydroxylation sites is 1. The first-order valence-electron chi connectivity index (χ1n) is 7.05. The zero-order valence-electron chi connectivity index (χ0n) is 11.4. The molecule has 0 saturated carbocycles. The highest BCUT2D eigenvalue weighted by Gasteiger charge is 2.25. The van der Waals surface area contributed by atoms with Gasteiger partial charge in [0.1, 0.15) is 5.75 Å². The number of fused-ring (bicyclic) bond motifs is 1. The molecule has 0 bridgehead atoms. The van der Waals surface area contributed by atoms with Gasteiger partial charge in [-0.15, -0.1) is 0 Å². The molecule has 1 N–H and O–H groups in total. The molecule has 1 heterocycles. The molecule has 0 amide bonds. The van der Waals surface area contributed by atoms with Gasteiger partial charge in [0.05, 0.1) is 6.61 Å². The number of benzene rings is 1. The molecule has 112 valence electrons. The summed E-state index contributed by atoms with van der Waals surface area (Å²) in [5, 5.41) is 3.26. The van der Waals surface area contributed by atoms with Crippen LogP contribution in [0.2, 0.25) is 0 Å². The quantitative estimate of drug-likeness (QED) is 0.802. The Balaban J connectivity index is 1.68. The van der Waals surface area contributed by atoms with Crippen molar-refractivity contribution in [3.8, 4) is 5.75 Å². The highest BCUT2D eigenvalue weighted by atomic mass is 19.4. The van der Waals surface area contributed by atoms with Crippen molar-refractivity contribution < 1.29 is 17.9 Å². The van der Waals surface area contributed by atoms with Crippen LogP contribution >= 0.6 is 0 Å². The van der Waals surface area contributed by atoms with Gasteiger partial charge in [-0.2, -0.15) is 13.2 Å². The van der Waals surface area contributed by atoms with Gasteiger partial charge in [0.25, 0.3) is 0 Å². The van der Waals surface area contributed by atoms with Crippen molar-refractivity contribution in [3.63, 3.8) is 0 Å². The van der Waals surface area contributed by atoms with Crippen LogP contribution in [0.15, 0.2) is 24.3 Å². The lowest BCUT2D eigenvalue weighted by molar-refractivity contribution is -0.135. The fourth-order valence-electron chi connectivity index (χ4n) is 2.48. The van der Waals surface area contributed by atoms with Crippen molar-refractivity contribution in [1.82, 2.24) is 5.32 Å². The summed E-state index contributed by atoms with van der Waals surface area (Å²) < 4.78 is 41.5. The molecule has 0 aromatic heterocycles. The van der Waals surface area contributed by atoms with Gasteiger partial charge in [-0.25, -0.2) is 0 Å². The molecule has 20 heavy (non-hydrogen) atoms. The van der Waals surface area contributed by atoms with Gasteiger partial charge in [-0.3, -0.25) is 0 Å². The summed E-state index contributed by atoms with van der Waals surface area (Å²) in [4.78, 5) is 0. The van der Waals surface area contributed by atoms with Crippen LogP contribution in [0.5, 0.6) is 5.75 Å². The predicted octanol–water partition coefficient (Wildman–Crippen LogP) is 3.87. The molecule has 2 rings (SSSR count). The minimum absolute atomic E-state index is 0.195. The lowest BCUT2D eigenvalue weighted by Crippen LogP contribution is -2.26. The van der Waals surface area contributed by atoms with E-state index >= 15 is 0 Å². The molecule has 1 atom stereocenters. The van der Waals surface area contributed by atoms with Crippen molar-refractivity contribution in [3.05, 3.63) is 29.8 Å². The number of hydrogen-bond donors (Lipinski definition) is 1. The second kappa shape index (κ2) is 6.97. The average Bonchev–Trinajstić information content (AvgIpc) is 2.41. The molecule has 0 saturated heterocycles. The Morgan fingerprint density at radius 1 is 1.20 bits per heavy atom. The standard InChI is InChI=1S/C15H20F3NO/c16-15(17,18)8-3-4-9-19-11-12-7-10-20-14-6-2-1-5-13(12)14/h1-2,5-6,12,19H,3-4,7-11H2. The fraction of sp³-hybridized carbons (Fsp3) is 0.600. The molecule has 0 radical (unpaired) electrons. The maximum atomic E-state index is 12.0. The molecule has 1 aliphatic heterocycles. The van der Waals surface area contributed by atoms with Crippen molar-refractivity contribution in [2.75, 3.05) is 19.7 Å². The summed E-state index contributed by atoms with van der Waals surface area (Å²) >= 11 is 0. The first kappa shape index (κ1) is 15.2. The molecule has 1 aliphatic rings. The van der Waals surface area contributed by atoms with E-state index in [0.717, 1.165) is 18.7 Å². The van der Waals surface area contributed by atoms with Crippen molar-refractivity contribution in [1.29, 1.82) is 0 Å². The van der Waals surface area contributed by atoms with Gasteiger partial charge in [-0.1, -0.05) is 18.2 Å². The van der Waals surface area contributed by atoms with Gasteiger partial charge in [-0.05, 0) is 37.4 Å². The topological polar surface area (TPSA) is 21.3 Å². The summed E-state index contributed by atoms with van der Waals surface area (Å²) in [6, 6.07) is 7.96. The van der Waals surface area contributed by atoms with Gasteiger partial charge in [0.2, 0.25) is 0 Å². The molecule has 0 aliphatic carbocycles. The van der Waals surface area contributed by atoms with E-state index in [1.54, 1.807) is 0 Å². The number of rotatable bonds is 6. The maximum Gasteiger partial charge on any atom is 0.389 e. The molecular formula is C15H20F3NO. The Kier molecular flexibility index (Phi) is 5.29. The van der Waals surface area contributed by atoms with Crippen molar-refractivity contribution in [2.45, 2.75) is 37.8 Å². The van der Waals surface area contributed by atoms with Crippen LogP contribution in [0.25, 0.3) is 0 Å². The molecule has 5 heteroatoms. The van der Waals surface area contributed by atoms with E-state index in [4.69, 9.17) is 4.74 Å². The molecule has 2 nitrogen and oxygen atoms in total. The highest BCUT2D eigenvalue weighted by Crippen LogP contribution is 2.32. The summed E-state index contributed by atoms with van der Waals surface area (Å²) in [5.74, 6) is 1.32. The largest absolute Gasteiger partial charge is 0.493 e. The van der Waals surface area contributed by atoms with E-state index in [1.165, 1.54) is 5.56 Å². The fourth-order valence-corrected chi connectivity index (χ4v) is 2.48. The minimum Gasteiger partial charge on any atom is -0.493 e. The Morgan fingerprint density at radius 2 is 2.00 bits per heavy atom. The second-order valence-corrected chi connectivity index (χ2v) is 5.15. The molecular weight excluding hydrogens is 267 g/mol. The van der Waals surface area contributed by atoms with E-state index in [9.17, 15) is 13.2 Å². The van der Waals surface area contributed by atoms with Crippen LogP contribution in [0.4, 0.5) is 13.2 Å². The zero-order valence-corrected chi connectivity index (χ0v) is 11.4. The van der Waals surface area contributed by atoms with Crippen molar-refractivity contribution in [2.24, 2.45) is 0 Å². The van der Waals surface area contributed by atoms with Crippen LogP contribution in [0.1, 0.15) is 37.2 Å². The predicted molar refractivity (Wildman–Crippen MR) is 72.1 cm³/mol. The molecule has 1 aromatic carbocycles. The summed E-state index contributed by atoms with van der Waals surface area (Å²) in [6.07, 6.45) is -3.01. The SMILES string of the molecule is FC(F)(F)CCCCNCC1CCOc2ccccc21. The van der Waals surface area contributed by atoms with Crippen LogP contribution in [0, 0.1) is 0 Å². The van der Waals surface area contributed by atoms with Crippen LogP contribution in [-0.2, 0) is 0 Å². The Labute approximate surface area is 117 Å². The lowest BCUT2D eigenvalue weighted by Gasteiger charge is -2.26. The molecule has 1 aromatic rings. The van der Waals surface area contributed by atoms with Crippen LogP contribution < -0.4 is 10.1 Å². The number of ether oxygens (including phenoxy) is 1. The lowest BCUT2D eigenvalue weighted by atomic mass is 9.93. The van der Waals surface area contributed by atoms with E-state index < -0.39 is 12.6 Å². The number of unbranched alkanes of at least 4 members (excludes halogenated alkanes) is 1. The normalized spacial score (nSPS) is 18.4. The maximum absolute atomic E-state index is 12.0. The van der Waals surface area contributed by atoms with Crippen LogP contribution in [0.3, 0.4) is 0 Å². The van der Waals surface area contributed by atoms with Crippen LogP contribution in [-0.4, -0.2) is 25.9 Å². The Bertz CT molecular complexity index is 420. The average molecular weight is 287 g/mol. The third-order valence-electron chi connectivity index (χ3n) is 3.54. The molecule has 0 fully saturated rings. The summed E-state index contributed by atoms with van der Waals surface area (Å²) in [5.41, 5.74) is 1.20. The smallest absolute Gasteiger partial charge is 0.389 e. The molecule has 1 unspecified atom stereocenters. The Hall–Kier alpha value is -1.23. The first-order valence-corrected chi connectivity index (χ1v) is 7.05. The minimum atomic E-state index is -4.03.